The Hall–Kier alpha value is -5.93. The summed E-state index contributed by atoms with van der Waals surface area (Å²) in [4.78, 5) is 7.37. The highest BCUT2D eigenvalue weighted by Crippen LogP contribution is 2.61. The van der Waals surface area contributed by atoms with Crippen molar-refractivity contribution in [3.05, 3.63) is 186 Å². The van der Waals surface area contributed by atoms with Crippen LogP contribution in [0.3, 0.4) is 0 Å². The minimum Gasteiger partial charge on any atom is -0.351 e. The number of aromatic nitrogens is 1. The Balaban J connectivity index is 1.14. The van der Waals surface area contributed by atoms with Gasteiger partial charge in [0, 0.05) is 23.4 Å². The molecule has 0 amide bonds. The Kier molecular flexibility index (Phi) is 5.09. The van der Waals surface area contributed by atoms with Gasteiger partial charge in [0.2, 0.25) is 0 Å². The van der Waals surface area contributed by atoms with Crippen molar-refractivity contribution in [3.8, 4) is 27.9 Å². The number of fused-ring (bicyclic) bond motifs is 13. The third-order valence-electron chi connectivity index (χ3n) is 11.3. The van der Waals surface area contributed by atoms with Gasteiger partial charge in [0.15, 0.2) is 0 Å². The molecule has 3 unspecified atom stereocenters. The summed E-state index contributed by atoms with van der Waals surface area (Å²) in [5.74, 6) is 1.05. The van der Waals surface area contributed by atoms with Crippen LogP contribution >= 0.6 is 0 Å². The number of para-hydroxylation sites is 3. The van der Waals surface area contributed by atoms with Crippen LogP contribution in [0.4, 0.5) is 0 Å². The summed E-state index contributed by atoms with van der Waals surface area (Å²) in [5.41, 5.74) is 15.0. The summed E-state index contributed by atoms with van der Waals surface area (Å²) in [6, 6.07) is 50.6. The molecule has 3 atom stereocenters. The molecule has 0 fully saturated rings. The summed E-state index contributed by atoms with van der Waals surface area (Å²) in [6.45, 7) is 0. The van der Waals surface area contributed by atoms with E-state index in [0.29, 0.717) is 6.04 Å². The average Bonchev–Trinajstić information content (AvgIpc) is 3.77. The van der Waals surface area contributed by atoms with Gasteiger partial charge in [-0.2, -0.15) is 0 Å². The van der Waals surface area contributed by atoms with Crippen molar-refractivity contribution in [2.24, 2.45) is 4.99 Å². The number of hydrogen-bond acceptors (Lipinski definition) is 2. The summed E-state index contributed by atoms with van der Waals surface area (Å²) < 4.78 is 2.51. The lowest BCUT2D eigenvalue weighted by Crippen LogP contribution is -2.35. The largest absolute Gasteiger partial charge is 0.351 e. The fourth-order valence-electron chi connectivity index (χ4n) is 9.27. The molecule has 11 rings (SSSR count). The first kappa shape index (κ1) is 26.2. The van der Waals surface area contributed by atoms with Crippen LogP contribution in [0.15, 0.2) is 163 Å². The lowest BCUT2D eigenvalue weighted by Gasteiger charge is -2.39. The van der Waals surface area contributed by atoms with E-state index in [-0.39, 0.29) is 6.04 Å². The Bertz CT molecular complexity index is 2600. The highest BCUT2D eigenvalue weighted by atomic mass is 15.3. The van der Waals surface area contributed by atoms with Crippen LogP contribution in [0.5, 0.6) is 0 Å². The van der Waals surface area contributed by atoms with Crippen molar-refractivity contribution in [1.29, 1.82) is 0 Å². The number of likely N-dealkylation sites (N-methyl/N-ethyl adjacent to an activating group) is 1. The predicted molar refractivity (Wildman–Crippen MR) is 197 cm³/mol. The highest BCUT2D eigenvalue weighted by molar-refractivity contribution is 6.13. The third kappa shape index (κ3) is 3.16. The molecule has 1 spiro atoms. The van der Waals surface area contributed by atoms with Crippen LogP contribution in [0.25, 0.3) is 49.7 Å². The second-order valence-electron chi connectivity index (χ2n) is 13.5. The molecular weight excluding hydrogens is 583 g/mol. The fourth-order valence-corrected chi connectivity index (χ4v) is 9.27. The molecular formula is C45H31N3. The quantitative estimate of drug-likeness (QED) is 0.190. The number of rotatable bonds is 2. The van der Waals surface area contributed by atoms with Crippen LogP contribution < -0.4 is 0 Å². The zero-order chi connectivity index (χ0) is 31.6. The van der Waals surface area contributed by atoms with Crippen LogP contribution in [-0.4, -0.2) is 34.4 Å². The SMILES string of the molecule is CN1C(c2ccc(-c3ccc4c(c3)C3(c5ccccc5-4)c4ccccc4-n4c5ccccc5c5cccc3c54)cc2)=NC2C=CC=CC21. The van der Waals surface area contributed by atoms with Crippen LogP contribution in [-0.2, 0) is 5.41 Å². The minimum atomic E-state index is -0.443. The first-order chi connectivity index (χ1) is 23.7. The molecule has 7 aromatic rings. The molecule has 1 aromatic heterocycles. The fraction of sp³-hybridized carbons (Fsp3) is 0.0889. The number of nitrogens with zero attached hydrogens (tertiary/aromatic N) is 3. The maximum absolute atomic E-state index is 5.07. The number of hydrogen-bond donors (Lipinski definition) is 0. The number of amidine groups is 1. The summed E-state index contributed by atoms with van der Waals surface area (Å²) in [7, 11) is 2.15. The number of allylic oxidation sites excluding steroid dienone is 2. The lowest BCUT2D eigenvalue weighted by atomic mass is 9.65. The van der Waals surface area contributed by atoms with Crippen LogP contribution in [0.1, 0.15) is 27.8 Å². The molecule has 4 aliphatic rings. The van der Waals surface area contributed by atoms with Gasteiger partial charge < -0.3 is 9.47 Å². The van der Waals surface area contributed by atoms with Crippen molar-refractivity contribution in [1.82, 2.24) is 9.47 Å². The molecule has 0 bridgehead atoms. The second kappa shape index (κ2) is 9.33. The predicted octanol–water partition coefficient (Wildman–Crippen LogP) is 9.68. The van der Waals surface area contributed by atoms with E-state index in [1.54, 1.807) is 0 Å². The smallest absolute Gasteiger partial charge is 0.131 e. The highest BCUT2D eigenvalue weighted by Gasteiger charge is 2.50. The standard InChI is InChI=1S/C45H31N3/c1-47-42-20-9-6-17-39(42)46-44(47)29-23-21-28(22-24-29)30-25-26-32-31-11-2-4-14-35(31)45(38(32)27-30)36-15-5-8-19-41(36)48-40-18-7-3-12-33(40)34-13-10-16-37(45)43(34)48/h2-27,39,42H,1H3. The number of aliphatic imine (C=N–C) groups is 1. The van der Waals surface area contributed by atoms with E-state index in [2.05, 4.69) is 174 Å². The second-order valence-corrected chi connectivity index (χ2v) is 13.5. The molecule has 0 radical (unpaired) electrons. The Morgan fingerprint density at radius 1 is 0.562 bits per heavy atom. The van der Waals surface area contributed by atoms with Gasteiger partial charge in [0.1, 0.15) is 5.84 Å². The van der Waals surface area contributed by atoms with E-state index in [4.69, 9.17) is 4.99 Å². The first-order valence-electron chi connectivity index (χ1n) is 16.9. The van der Waals surface area contributed by atoms with Gasteiger partial charge in [0.05, 0.1) is 34.2 Å². The monoisotopic (exact) mass is 613 g/mol. The minimum absolute atomic E-state index is 0.186. The van der Waals surface area contributed by atoms with Gasteiger partial charge in [-0.3, -0.25) is 4.99 Å². The van der Waals surface area contributed by atoms with E-state index >= 15 is 0 Å². The first-order valence-corrected chi connectivity index (χ1v) is 16.9. The maximum atomic E-state index is 5.07. The van der Waals surface area contributed by atoms with E-state index in [0.717, 1.165) is 11.4 Å². The topological polar surface area (TPSA) is 20.5 Å². The van der Waals surface area contributed by atoms with E-state index in [1.807, 2.05) is 0 Å². The van der Waals surface area contributed by atoms with Gasteiger partial charge in [0.25, 0.3) is 0 Å². The Morgan fingerprint density at radius 3 is 2.15 bits per heavy atom. The molecule has 0 N–H and O–H groups in total. The van der Waals surface area contributed by atoms with Crippen molar-refractivity contribution >= 4 is 27.6 Å². The normalized spacial score (nSPS) is 21.0. The molecule has 3 heteroatoms. The summed E-state index contributed by atoms with van der Waals surface area (Å²) in [6.07, 6.45) is 8.68. The molecule has 0 saturated carbocycles. The van der Waals surface area contributed by atoms with Crippen LogP contribution in [0, 0.1) is 0 Å². The molecule has 0 saturated heterocycles. The van der Waals surface area contributed by atoms with E-state index in [1.165, 1.54) is 72.0 Å². The van der Waals surface area contributed by atoms with E-state index < -0.39 is 5.41 Å². The zero-order valence-electron chi connectivity index (χ0n) is 26.5. The van der Waals surface area contributed by atoms with Crippen molar-refractivity contribution in [2.75, 3.05) is 7.05 Å². The maximum Gasteiger partial charge on any atom is 0.131 e. The Morgan fingerprint density at radius 2 is 1.25 bits per heavy atom. The summed E-state index contributed by atoms with van der Waals surface area (Å²) >= 11 is 0. The number of benzene rings is 6. The van der Waals surface area contributed by atoms with Crippen LogP contribution in [0.2, 0.25) is 0 Å². The van der Waals surface area contributed by atoms with Gasteiger partial charge in [-0.05, 0) is 62.7 Å². The third-order valence-corrected chi connectivity index (χ3v) is 11.3. The van der Waals surface area contributed by atoms with Gasteiger partial charge >= 0.3 is 0 Å². The van der Waals surface area contributed by atoms with Gasteiger partial charge in [-0.1, -0.05) is 140 Å². The molecule has 2 aliphatic carbocycles. The van der Waals surface area contributed by atoms with E-state index in [9.17, 15) is 0 Å². The lowest BCUT2D eigenvalue weighted by molar-refractivity contribution is 0.437. The van der Waals surface area contributed by atoms with Gasteiger partial charge in [-0.25, -0.2) is 0 Å². The Labute approximate surface area is 279 Å². The molecule has 6 aromatic carbocycles. The van der Waals surface area contributed by atoms with Crippen molar-refractivity contribution in [3.63, 3.8) is 0 Å². The summed E-state index contributed by atoms with van der Waals surface area (Å²) in [5, 5.41) is 2.60. The van der Waals surface area contributed by atoms with Crippen molar-refractivity contribution in [2.45, 2.75) is 17.5 Å². The molecule has 2 aliphatic heterocycles. The zero-order valence-corrected chi connectivity index (χ0v) is 26.5. The molecule has 3 heterocycles. The van der Waals surface area contributed by atoms with Crippen molar-refractivity contribution < 1.29 is 0 Å². The molecule has 226 valence electrons. The molecule has 3 nitrogen and oxygen atoms in total. The van der Waals surface area contributed by atoms with Gasteiger partial charge in [-0.15, -0.1) is 0 Å². The molecule has 48 heavy (non-hydrogen) atoms. The average molecular weight is 614 g/mol.